The highest BCUT2D eigenvalue weighted by Crippen LogP contribution is 2.31. The smallest absolute Gasteiger partial charge is 0.320 e. The first kappa shape index (κ1) is 19.3. The van der Waals surface area contributed by atoms with Crippen LogP contribution in [0.5, 0.6) is 0 Å². The number of aliphatic carboxylic acids is 1. The molecule has 0 saturated heterocycles. The van der Waals surface area contributed by atoms with Crippen molar-refractivity contribution in [2.75, 3.05) is 24.2 Å². The van der Waals surface area contributed by atoms with Crippen molar-refractivity contribution in [3.63, 3.8) is 0 Å². The molecule has 136 valence electrons. The van der Waals surface area contributed by atoms with E-state index in [2.05, 4.69) is 54.4 Å². The summed E-state index contributed by atoms with van der Waals surface area (Å²) in [5.41, 5.74) is 16.3. The second-order valence-electron chi connectivity index (χ2n) is 6.18. The monoisotopic (exact) mass is 351 g/mol. The zero-order valence-electron chi connectivity index (χ0n) is 15.1. The van der Waals surface area contributed by atoms with E-state index < -0.39 is 12.0 Å². The summed E-state index contributed by atoms with van der Waals surface area (Å²) in [6, 6.07) is 15.7. The van der Waals surface area contributed by atoms with Crippen LogP contribution in [0.4, 0.5) is 11.4 Å². The van der Waals surface area contributed by atoms with Crippen LogP contribution >= 0.6 is 0 Å². The number of nitrogen functional groups attached to an aromatic ring is 1. The van der Waals surface area contributed by atoms with Crippen LogP contribution in [-0.4, -0.2) is 30.7 Å². The molecule has 0 aromatic heterocycles. The largest absolute Gasteiger partial charge is 0.480 e. The fraction of sp³-hybridized carbons (Fsp3) is 0.190. The summed E-state index contributed by atoms with van der Waals surface area (Å²) < 4.78 is 0. The number of para-hydroxylation sites is 1. The Hall–Kier alpha value is -3.05. The number of carboxylic acids is 1. The molecule has 0 radical (unpaired) electrons. The molecule has 0 saturated carbocycles. The molecular formula is C21H25N3O2. The van der Waals surface area contributed by atoms with E-state index in [0.717, 1.165) is 17.8 Å². The fourth-order valence-corrected chi connectivity index (χ4v) is 2.45. The molecule has 5 heteroatoms. The maximum absolute atomic E-state index is 9.57. The van der Waals surface area contributed by atoms with Crippen LogP contribution in [-0.2, 0) is 4.79 Å². The van der Waals surface area contributed by atoms with Crippen LogP contribution in [0.15, 0.2) is 60.7 Å². The summed E-state index contributed by atoms with van der Waals surface area (Å²) in [5, 5.41) is 7.87. The van der Waals surface area contributed by atoms with Crippen molar-refractivity contribution in [3.05, 3.63) is 71.8 Å². The Morgan fingerprint density at radius 2 is 1.77 bits per heavy atom. The lowest BCUT2D eigenvalue weighted by molar-refractivity contribution is -0.138. The molecule has 5 N–H and O–H groups in total. The highest BCUT2D eigenvalue weighted by Gasteiger charge is 2.13. The first-order valence-electron chi connectivity index (χ1n) is 8.41. The van der Waals surface area contributed by atoms with Gasteiger partial charge in [-0.15, -0.1) is 0 Å². The van der Waals surface area contributed by atoms with Gasteiger partial charge < -0.3 is 21.5 Å². The Morgan fingerprint density at radius 3 is 2.38 bits per heavy atom. The van der Waals surface area contributed by atoms with Gasteiger partial charge in [0.25, 0.3) is 0 Å². The molecule has 0 spiro atoms. The first-order chi connectivity index (χ1) is 12.4. The number of allylic oxidation sites excluding steroid dienone is 2. The summed E-state index contributed by atoms with van der Waals surface area (Å²) in [4.78, 5) is 11.8. The zero-order valence-corrected chi connectivity index (χ0v) is 15.1. The van der Waals surface area contributed by atoms with Crippen molar-refractivity contribution < 1.29 is 9.90 Å². The minimum atomic E-state index is -0.963. The van der Waals surface area contributed by atoms with Gasteiger partial charge in [0.2, 0.25) is 0 Å². The third-order valence-electron chi connectivity index (χ3n) is 3.99. The van der Waals surface area contributed by atoms with Crippen LogP contribution in [0, 0.1) is 0 Å². The average Bonchev–Trinajstić information content (AvgIpc) is 2.63. The number of nitrogens with two attached hydrogens (primary N) is 2. The van der Waals surface area contributed by atoms with E-state index in [1.165, 1.54) is 23.7 Å². The normalized spacial score (nSPS) is 14.1. The van der Waals surface area contributed by atoms with Crippen LogP contribution in [0.3, 0.4) is 0 Å². The van der Waals surface area contributed by atoms with Crippen LogP contribution in [0.2, 0.25) is 0 Å². The zero-order chi connectivity index (χ0) is 19.1. The number of benzene rings is 2. The third-order valence-corrected chi connectivity index (χ3v) is 3.99. The Morgan fingerprint density at radius 1 is 1.15 bits per heavy atom. The SMILES string of the molecule is CC(N)C(=O)O.CN1CC=C(C=Cc2ccc(N)cc2)c2ccccc21. The molecule has 1 heterocycles. The molecule has 1 atom stereocenters. The topological polar surface area (TPSA) is 92.6 Å². The van der Waals surface area contributed by atoms with Gasteiger partial charge in [0, 0.05) is 30.5 Å². The van der Waals surface area contributed by atoms with Crippen molar-refractivity contribution in [2.24, 2.45) is 5.73 Å². The molecule has 1 aliphatic rings. The minimum Gasteiger partial charge on any atom is -0.480 e. The van der Waals surface area contributed by atoms with E-state index in [1.54, 1.807) is 0 Å². The second-order valence-corrected chi connectivity index (χ2v) is 6.18. The van der Waals surface area contributed by atoms with Crippen LogP contribution in [0.25, 0.3) is 11.6 Å². The molecule has 1 unspecified atom stereocenters. The predicted molar refractivity (Wildman–Crippen MR) is 109 cm³/mol. The number of rotatable bonds is 3. The maximum Gasteiger partial charge on any atom is 0.320 e. The van der Waals surface area contributed by atoms with E-state index >= 15 is 0 Å². The second kappa shape index (κ2) is 8.87. The molecule has 0 aliphatic carbocycles. The highest BCUT2D eigenvalue weighted by molar-refractivity contribution is 5.87. The van der Waals surface area contributed by atoms with Crippen molar-refractivity contribution in [1.82, 2.24) is 0 Å². The predicted octanol–water partition coefficient (Wildman–Crippen LogP) is 3.23. The van der Waals surface area contributed by atoms with Crippen molar-refractivity contribution >= 4 is 29.0 Å². The molecule has 3 rings (SSSR count). The summed E-state index contributed by atoms with van der Waals surface area (Å²) in [6.45, 7) is 2.36. The van der Waals surface area contributed by atoms with Gasteiger partial charge in [-0.25, -0.2) is 0 Å². The minimum absolute atomic E-state index is 0.731. The number of fused-ring (bicyclic) bond motifs is 1. The van der Waals surface area contributed by atoms with E-state index in [1.807, 2.05) is 24.3 Å². The Balaban J connectivity index is 0.000000352. The van der Waals surface area contributed by atoms with E-state index in [0.29, 0.717) is 0 Å². The lowest BCUT2D eigenvalue weighted by Crippen LogP contribution is -2.25. The van der Waals surface area contributed by atoms with Gasteiger partial charge in [0.15, 0.2) is 0 Å². The van der Waals surface area contributed by atoms with Gasteiger partial charge in [0.05, 0.1) is 0 Å². The van der Waals surface area contributed by atoms with Gasteiger partial charge in [-0.3, -0.25) is 4.79 Å². The lowest BCUT2D eigenvalue weighted by Gasteiger charge is -2.26. The van der Waals surface area contributed by atoms with Crippen molar-refractivity contribution in [2.45, 2.75) is 13.0 Å². The van der Waals surface area contributed by atoms with Gasteiger partial charge in [-0.05, 0) is 36.3 Å². The summed E-state index contributed by atoms with van der Waals surface area (Å²) in [6.07, 6.45) is 6.57. The standard InChI is InChI=1S/C18H18N2.C3H7NO2/c1-20-13-12-15(17-4-2-3-5-18(17)20)9-6-14-7-10-16(19)11-8-14;1-2(4)3(5)6/h2-12H,13,19H2,1H3;2H,4H2,1H3,(H,5,6). The van der Waals surface area contributed by atoms with Gasteiger partial charge in [-0.2, -0.15) is 0 Å². The molecule has 1 aliphatic heterocycles. The fourth-order valence-electron chi connectivity index (χ4n) is 2.45. The molecule has 0 amide bonds. The molecular weight excluding hydrogens is 326 g/mol. The van der Waals surface area contributed by atoms with Gasteiger partial charge >= 0.3 is 5.97 Å². The summed E-state index contributed by atoms with van der Waals surface area (Å²) in [7, 11) is 2.12. The highest BCUT2D eigenvalue weighted by atomic mass is 16.4. The lowest BCUT2D eigenvalue weighted by atomic mass is 9.98. The van der Waals surface area contributed by atoms with Crippen molar-refractivity contribution in [1.29, 1.82) is 0 Å². The Bertz CT molecular complexity index is 808. The van der Waals surface area contributed by atoms with Crippen molar-refractivity contribution in [3.8, 4) is 0 Å². The number of likely N-dealkylation sites (N-methyl/N-ethyl adjacent to an activating group) is 1. The first-order valence-corrected chi connectivity index (χ1v) is 8.41. The molecule has 2 aromatic carbocycles. The summed E-state index contributed by atoms with van der Waals surface area (Å²) in [5.74, 6) is -0.963. The van der Waals surface area contributed by atoms with E-state index in [4.69, 9.17) is 16.6 Å². The molecule has 26 heavy (non-hydrogen) atoms. The van der Waals surface area contributed by atoms with Crippen LogP contribution < -0.4 is 16.4 Å². The quantitative estimate of drug-likeness (QED) is 0.738. The Kier molecular flexibility index (Phi) is 6.58. The van der Waals surface area contributed by atoms with Gasteiger partial charge in [0.1, 0.15) is 6.04 Å². The number of hydrogen-bond acceptors (Lipinski definition) is 4. The maximum atomic E-state index is 9.57. The van der Waals surface area contributed by atoms with Gasteiger partial charge in [-0.1, -0.05) is 48.6 Å². The van der Waals surface area contributed by atoms with Crippen LogP contribution in [0.1, 0.15) is 18.1 Å². The number of carbonyl (C=O) groups is 1. The Labute approximate surface area is 154 Å². The number of nitrogens with zero attached hydrogens (tertiary/aromatic N) is 1. The molecule has 0 bridgehead atoms. The van der Waals surface area contributed by atoms with E-state index in [-0.39, 0.29) is 0 Å². The number of anilines is 2. The third kappa shape index (κ3) is 5.22. The molecule has 5 nitrogen and oxygen atoms in total. The molecule has 2 aromatic rings. The number of hydrogen-bond donors (Lipinski definition) is 3. The summed E-state index contributed by atoms with van der Waals surface area (Å²) >= 11 is 0. The average molecular weight is 351 g/mol. The molecule has 0 fully saturated rings. The van der Waals surface area contributed by atoms with E-state index in [9.17, 15) is 4.79 Å². The number of carboxylic acid groups (broad SMARTS) is 1.